The molecule has 0 aromatic heterocycles. The van der Waals surface area contributed by atoms with Crippen LogP contribution < -0.4 is 4.90 Å². The van der Waals surface area contributed by atoms with E-state index >= 15 is 0 Å². The van der Waals surface area contributed by atoms with Crippen LogP contribution in [0.2, 0.25) is 0 Å². The lowest BCUT2D eigenvalue weighted by atomic mass is 10.1. The highest BCUT2D eigenvalue weighted by molar-refractivity contribution is 9.10. The van der Waals surface area contributed by atoms with Gasteiger partial charge in [0.2, 0.25) is 0 Å². The van der Waals surface area contributed by atoms with Gasteiger partial charge in [-0.25, -0.2) is 0 Å². The fourth-order valence-electron chi connectivity index (χ4n) is 3.30. The molecule has 0 saturated heterocycles. The lowest BCUT2D eigenvalue weighted by Gasteiger charge is -2.33. The molecule has 0 aliphatic carbocycles. The summed E-state index contributed by atoms with van der Waals surface area (Å²) in [5.41, 5.74) is 2.68. The smallest absolute Gasteiger partial charge is 0.0553 e. The number of hydrogen-bond acceptors (Lipinski definition) is 2. The van der Waals surface area contributed by atoms with Crippen LogP contribution in [0.3, 0.4) is 0 Å². The molecule has 0 unspecified atom stereocenters. The molecule has 0 atom stereocenters. The second-order valence-corrected chi connectivity index (χ2v) is 9.51. The molecule has 134 valence electrons. The van der Waals surface area contributed by atoms with Crippen LogP contribution in [0.5, 0.6) is 0 Å². The van der Waals surface area contributed by atoms with Crippen molar-refractivity contribution in [3.63, 3.8) is 0 Å². The van der Waals surface area contributed by atoms with E-state index in [9.17, 15) is 0 Å². The van der Waals surface area contributed by atoms with Crippen LogP contribution >= 0.6 is 43.6 Å². The molecule has 0 N–H and O–H groups in total. The molecule has 1 aliphatic rings. The van der Waals surface area contributed by atoms with Crippen LogP contribution in [0.1, 0.15) is 51.9 Å². The van der Waals surface area contributed by atoms with Crippen LogP contribution in [-0.2, 0) is 0 Å². The van der Waals surface area contributed by atoms with Crippen molar-refractivity contribution in [1.82, 2.24) is 0 Å². The lowest BCUT2D eigenvalue weighted by Crippen LogP contribution is -2.22. The van der Waals surface area contributed by atoms with Gasteiger partial charge in [-0.3, -0.25) is 0 Å². The quantitative estimate of drug-likeness (QED) is 0.346. The van der Waals surface area contributed by atoms with Crippen molar-refractivity contribution in [2.45, 2.75) is 61.7 Å². The SMILES string of the molecule is CCCCCCCCCN1c2ccc(Br)cc2Sc2cc(Br)ccc21. The first-order valence-corrected chi connectivity index (χ1v) is 11.6. The molecular weight excluding hydrogens is 458 g/mol. The van der Waals surface area contributed by atoms with Crippen molar-refractivity contribution in [1.29, 1.82) is 0 Å². The van der Waals surface area contributed by atoms with Gasteiger partial charge < -0.3 is 4.90 Å². The molecule has 0 amide bonds. The average molecular weight is 483 g/mol. The van der Waals surface area contributed by atoms with Gasteiger partial charge in [0, 0.05) is 25.3 Å². The third-order valence-electron chi connectivity index (χ3n) is 4.63. The Morgan fingerprint density at radius 1 is 0.760 bits per heavy atom. The maximum Gasteiger partial charge on any atom is 0.0553 e. The first-order chi connectivity index (χ1) is 12.2. The lowest BCUT2D eigenvalue weighted by molar-refractivity contribution is 0.590. The molecule has 1 aliphatic heterocycles. The Labute approximate surface area is 172 Å². The molecule has 3 rings (SSSR count). The Kier molecular flexibility index (Phi) is 7.32. The average Bonchev–Trinajstić information content (AvgIpc) is 2.59. The van der Waals surface area contributed by atoms with Gasteiger partial charge in [-0.15, -0.1) is 0 Å². The van der Waals surface area contributed by atoms with E-state index in [1.807, 2.05) is 11.8 Å². The molecule has 0 saturated carbocycles. The van der Waals surface area contributed by atoms with E-state index in [4.69, 9.17) is 0 Å². The summed E-state index contributed by atoms with van der Waals surface area (Å²) in [5.74, 6) is 0. The summed E-state index contributed by atoms with van der Waals surface area (Å²) >= 11 is 9.10. The predicted octanol–water partition coefficient (Wildman–Crippen LogP) is 8.56. The number of rotatable bonds is 8. The molecule has 2 aromatic rings. The van der Waals surface area contributed by atoms with Gasteiger partial charge in [-0.2, -0.15) is 0 Å². The summed E-state index contributed by atoms with van der Waals surface area (Å²) in [6.45, 7) is 3.37. The highest BCUT2D eigenvalue weighted by Crippen LogP contribution is 2.49. The van der Waals surface area contributed by atoms with Crippen molar-refractivity contribution in [3.8, 4) is 0 Å². The van der Waals surface area contributed by atoms with E-state index in [2.05, 4.69) is 80.1 Å². The van der Waals surface area contributed by atoms with E-state index in [1.165, 1.54) is 66.1 Å². The van der Waals surface area contributed by atoms with Crippen LogP contribution in [0.25, 0.3) is 0 Å². The fraction of sp³-hybridized carbons (Fsp3) is 0.429. The van der Waals surface area contributed by atoms with Crippen molar-refractivity contribution >= 4 is 55.0 Å². The molecule has 4 heteroatoms. The van der Waals surface area contributed by atoms with Gasteiger partial charge >= 0.3 is 0 Å². The fourth-order valence-corrected chi connectivity index (χ4v) is 5.50. The Hall–Kier alpha value is -0.450. The van der Waals surface area contributed by atoms with Crippen LogP contribution in [0.4, 0.5) is 11.4 Å². The second kappa shape index (κ2) is 9.48. The number of unbranched alkanes of at least 4 members (excludes halogenated alkanes) is 6. The molecule has 0 radical (unpaired) electrons. The van der Waals surface area contributed by atoms with Crippen LogP contribution in [-0.4, -0.2) is 6.54 Å². The summed E-state index contributed by atoms with van der Waals surface area (Å²) in [5, 5.41) is 0. The Morgan fingerprint density at radius 3 is 1.84 bits per heavy atom. The predicted molar refractivity (Wildman–Crippen MR) is 117 cm³/mol. The molecular formula is C21H25Br2NS. The zero-order valence-corrected chi connectivity index (χ0v) is 18.7. The number of nitrogens with zero attached hydrogens (tertiary/aromatic N) is 1. The summed E-state index contributed by atoms with van der Waals surface area (Å²) in [7, 11) is 0. The third-order valence-corrected chi connectivity index (χ3v) is 6.71. The van der Waals surface area contributed by atoms with Crippen molar-refractivity contribution in [2.75, 3.05) is 11.4 Å². The summed E-state index contributed by atoms with van der Waals surface area (Å²) in [6.07, 6.45) is 9.43. The molecule has 0 fully saturated rings. The van der Waals surface area contributed by atoms with Crippen LogP contribution in [0, 0.1) is 0 Å². The minimum Gasteiger partial charge on any atom is -0.340 e. The molecule has 0 spiro atoms. The molecule has 1 heterocycles. The Morgan fingerprint density at radius 2 is 1.28 bits per heavy atom. The number of halogens is 2. The van der Waals surface area contributed by atoms with Gasteiger partial charge in [-0.05, 0) is 42.8 Å². The van der Waals surface area contributed by atoms with Gasteiger partial charge in [0.05, 0.1) is 11.4 Å². The Balaban J connectivity index is 1.70. The van der Waals surface area contributed by atoms with Crippen molar-refractivity contribution < 1.29 is 0 Å². The number of anilines is 2. The maximum absolute atomic E-state index is 3.62. The molecule has 25 heavy (non-hydrogen) atoms. The zero-order valence-electron chi connectivity index (χ0n) is 14.7. The standard InChI is InChI=1S/C21H25Br2NS/c1-2-3-4-5-6-7-8-13-24-18-11-9-16(22)14-20(18)25-21-15-17(23)10-12-19(21)24/h9-12,14-15H,2-8,13H2,1H3. The first-order valence-electron chi connectivity index (χ1n) is 9.23. The zero-order chi connectivity index (χ0) is 17.6. The van der Waals surface area contributed by atoms with Crippen molar-refractivity contribution in [3.05, 3.63) is 45.3 Å². The minimum atomic E-state index is 1.09. The summed E-state index contributed by atoms with van der Waals surface area (Å²) in [4.78, 5) is 5.18. The highest BCUT2D eigenvalue weighted by atomic mass is 79.9. The molecule has 0 bridgehead atoms. The minimum absolute atomic E-state index is 1.09. The Bertz CT molecular complexity index is 666. The maximum atomic E-state index is 3.62. The first kappa shape index (κ1) is 19.3. The van der Waals surface area contributed by atoms with Crippen molar-refractivity contribution in [2.24, 2.45) is 0 Å². The number of hydrogen-bond donors (Lipinski definition) is 0. The van der Waals surface area contributed by atoms with E-state index in [-0.39, 0.29) is 0 Å². The van der Waals surface area contributed by atoms with Crippen LogP contribution in [0.15, 0.2) is 55.1 Å². The van der Waals surface area contributed by atoms with Gasteiger partial charge in [-0.1, -0.05) is 89.1 Å². The van der Waals surface area contributed by atoms with E-state index in [1.54, 1.807) is 0 Å². The molecule has 1 nitrogen and oxygen atoms in total. The van der Waals surface area contributed by atoms with E-state index in [0.29, 0.717) is 0 Å². The molecule has 2 aromatic carbocycles. The number of fused-ring (bicyclic) bond motifs is 2. The van der Waals surface area contributed by atoms with E-state index < -0.39 is 0 Å². The largest absolute Gasteiger partial charge is 0.340 e. The number of benzene rings is 2. The van der Waals surface area contributed by atoms with E-state index in [0.717, 1.165) is 15.5 Å². The summed E-state index contributed by atoms with van der Waals surface area (Å²) < 4.78 is 2.29. The second-order valence-electron chi connectivity index (χ2n) is 6.60. The van der Waals surface area contributed by atoms with Gasteiger partial charge in [0.1, 0.15) is 0 Å². The highest BCUT2D eigenvalue weighted by Gasteiger charge is 2.23. The van der Waals surface area contributed by atoms with Gasteiger partial charge in [0.15, 0.2) is 0 Å². The van der Waals surface area contributed by atoms with Gasteiger partial charge in [0.25, 0.3) is 0 Å². The summed E-state index contributed by atoms with van der Waals surface area (Å²) in [6, 6.07) is 13.3. The normalized spacial score (nSPS) is 12.8. The third kappa shape index (κ3) is 5.05. The monoisotopic (exact) mass is 481 g/mol. The topological polar surface area (TPSA) is 3.24 Å².